The summed E-state index contributed by atoms with van der Waals surface area (Å²) in [6.45, 7) is 1.72. The summed E-state index contributed by atoms with van der Waals surface area (Å²) in [5, 5.41) is -0.374. The van der Waals surface area contributed by atoms with Gasteiger partial charge in [-0.05, 0) is 26.2 Å². The van der Waals surface area contributed by atoms with E-state index in [-0.39, 0.29) is 11.3 Å². The van der Waals surface area contributed by atoms with Crippen molar-refractivity contribution < 1.29 is 4.79 Å². The predicted octanol–water partition coefficient (Wildman–Crippen LogP) is 1.62. The second kappa shape index (κ2) is 3.44. The Morgan fingerprint density at radius 1 is 1.64 bits per heavy atom. The normalized spacial score (nSPS) is 20.6. The molecule has 1 unspecified atom stereocenters. The zero-order chi connectivity index (χ0) is 8.43. The standard InChI is InChI=1S/C8H14ClNO/c1-6(9)8(11)10(2)7-4-3-5-7/h6-7H,3-5H2,1-2H3. The Labute approximate surface area is 72.5 Å². The van der Waals surface area contributed by atoms with Gasteiger partial charge < -0.3 is 4.90 Å². The highest BCUT2D eigenvalue weighted by molar-refractivity contribution is 6.30. The number of hydrogen-bond acceptors (Lipinski definition) is 1. The average molecular weight is 176 g/mol. The third-order valence-electron chi connectivity index (χ3n) is 2.31. The second-order valence-corrected chi connectivity index (χ2v) is 3.80. The van der Waals surface area contributed by atoms with Gasteiger partial charge in [0.2, 0.25) is 5.91 Å². The molecule has 0 spiro atoms. The number of alkyl halides is 1. The van der Waals surface area contributed by atoms with Gasteiger partial charge in [-0.3, -0.25) is 4.79 Å². The monoisotopic (exact) mass is 175 g/mol. The molecule has 1 aliphatic rings. The van der Waals surface area contributed by atoms with E-state index in [1.54, 1.807) is 11.8 Å². The van der Waals surface area contributed by atoms with Crippen LogP contribution in [0, 0.1) is 0 Å². The van der Waals surface area contributed by atoms with Crippen molar-refractivity contribution in [3.05, 3.63) is 0 Å². The first-order chi connectivity index (χ1) is 5.13. The predicted molar refractivity (Wildman–Crippen MR) is 45.7 cm³/mol. The molecule has 0 radical (unpaired) electrons. The van der Waals surface area contributed by atoms with Gasteiger partial charge >= 0.3 is 0 Å². The van der Waals surface area contributed by atoms with Crippen molar-refractivity contribution in [1.29, 1.82) is 0 Å². The molecule has 0 bridgehead atoms. The lowest BCUT2D eigenvalue weighted by Gasteiger charge is -2.35. The first-order valence-electron chi connectivity index (χ1n) is 4.03. The van der Waals surface area contributed by atoms with E-state index in [0.717, 1.165) is 12.8 Å². The van der Waals surface area contributed by atoms with E-state index in [1.165, 1.54) is 6.42 Å². The fraction of sp³-hybridized carbons (Fsp3) is 0.875. The minimum Gasteiger partial charge on any atom is -0.342 e. The fourth-order valence-electron chi connectivity index (χ4n) is 1.23. The van der Waals surface area contributed by atoms with E-state index in [1.807, 2.05) is 7.05 Å². The van der Waals surface area contributed by atoms with Crippen LogP contribution in [0.15, 0.2) is 0 Å². The van der Waals surface area contributed by atoms with Gasteiger partial charge in [0.1, 0.15) is 5.38 Å². The van der Waals surface area contributed by atoms with Crippen molar-refractivity contribution in [1.82, 2.24) is 4.90 Å². The van der Waals surface area contributed by atoms with E-state index in [4.69, 9.17) is 11.6 Å². The summed E-state index contributed by atoms with van der Waals surface area (Å²) in [6, 6.07) is 0.462. The molecule has 1 saturated carbocycles. The highest BCUT2D eigenvalue weighted by atomic mass is 35.5. The van der Waals surface area contributed by atoms with Gasteiger partial charge in [-0.1, -0.05) is 0 Å². The Morgan fingerprint density at radius 2 is 2.18 bits per heavy atom. The maximum absolute atomic E-state index is 11.3. The van der Waals surface area contributed by atoms with Crippen LogP contribution in [0.25, 0.3) is 0 Å². The van der Waals surface area contributed by atoms with Crippen molar-refractivity contribution in [2.24, 2.45) is 0 Å². The van der Waals surface area contributed by atoms with Crippen LogP contribution < -0.4 is 0 Å². The molecule has 0 aromatic carbocycles. The molecule has 0 aromatic heterocycles. The molecule has 0 aromatic rings. The molecule has 0 heterocycles. The molecule has 1 rings (SSSR count). The van der Waals surface area contributed by atoms with Crippen molar-refractivity contribution in [3.8, 4) is 0 Å². The molecule has 0 saturated heterocycles. The molecule has 3 heteroatoms. The van der Waals surface area contributed by atoms with E-state index < -0.39 is 0 Å². The average Bonchev–Trinajstić information content (AvgIpc) is 1.82. The van der Waals surface area contributed by atoms with Crippen LogP contribution in [0.4, 0.5) is 0 Å². The van der Waals surface area contributed by atoms with Crippen molar-refractivity contribution in [2.75, 3.05) is 7.05 Å². The molecule has 0 N–H and O–H groups in total. The number of amides is 1. The van der Waals surface area contributed by atoms with Crippen LogP contribution in [0.1, 0.15) is 26.2 Å². The third kappa shape index (κ3) is 1.86. The molecule has 64 valence electrons. The van der Waals surface area contributed by atoms with E-state index >= 15 is 0 Å². The van der Waals surface area contributed by atoms with Crippen molar-refractivity contribution >= 4 is 17.5 Å². The summed E-state index contributed by atoms with van der Waals surface area (Å²) in [7, 11) is 1.84. The lowest BCUT2D eigenvalue weighted by atomic mass is 9.92. The maximum atomic E-state index is 11.3. The summed E-state index contributed by atoms with van der Waals surface area (Å²) in [5.74, 6) is 0.0522. The van der Waals surface area contributed by atoms with Gasteiger partial charge in [-0.2, -0.15) is 0 Å². The molecular weight excluding hydrogens is 162 g/mol. The number of carbonyl (C=O) groups is 1. The first kappa shape index (κ1) is 8.85. The molecule has 0 aliphatic heterocycles. The Balaban J connectivity index is 2.39. The summed E-state index contributed by atoms with van der Waals surface area (Å²) in [6.07, 6.45) is 3.54. The molecule has 1 atom stereocenters. The highest BCUT2D eigenvalue weighted by Gasteiger charge is 2.27. The number of hydrogen-bond donors (Lipinski definition) is 0. The molecular formula is C8H14ClNO. The maximum Gasteiger partial charge on any atom is 0.240 e. The second-order valence-electron chi connectivity index (χ2n) is 3.15. The Kier molecular flexibility index (Phi) is 2.77. The summed E-state index contributed by atoms with van der Waals surface area (Å²) < 4.78 is 0. The van der Waals surface area contributed by atoms with E-state index in [9.17, 15) is 4.79 Å². The largest absolute Gasteiger partial charge is 0.342 e. The van der Waals surface area contributed by atoms with Crippen LogP contribution in [-0.2, 0) is 4.79 Å². The SMILES string of the molecule is CC(Cl)C(=O)N(C)C1CCC1. The van der Waals surface area contributed by atoms with Gasteiger partial charge in [0.15, 0.2) is 0 Å². The lowest BCUT2D eigenvalue weighted by Crippen LogP contribution is -2.44. The minimum absolute atomic E-state index is 0.0522. The third-order valence-corrected chi connectivity index (χ3v) is 2.50. The quantitative estimate of drug-likeness (QED) is 0.585. The first-order valence-corrected chi connectivity index (χ1v) is 4.47. The molecule has 1 amide bonds. The van der Waals surface area contributed by atoms with E-state index in [2.05, 4.69) is 0 Å². The van der Waals surface area contributed by atoms with Gasteiger partial charge in [0.05, 0.1) is 0 Å². The fourth-order valence-corrected chi connectivity index (χ4v) is 1.39. The van der Waals surface area contributed by atoms with Crippen LogP contribution in [0.2, 0.25) is 0 Å². The summed E-state index contributed by atoms with van der Waals surface area (Å²) >= 11 is 5.66. The Bertz CT molecular complexity index is 154. The Hall–Kier alpha value is -0.240. The molecule has 1 aliphatic carbocycles. The molecule has 2 nitrogen and oxygen atoms in total. The highest BCUT2D eigenvalue weighted by Crippen LogP contribution is 2.24. The van der Waals surface area contributed by atoms with Crippen LogP contribution in [0.5, 0.6) is 0 Å². The smallest absolute Gasteiger partial charge is 0.240 e. The zero-order valence-electron chi connectivity index (χ0n) is 7.01. The summed E-state index contributed by atoms with van der Waals surface area (Å²) in [4.78, 5) is 13.0. The molecule has 11 heavy (non-hydrogen) atoms. The van der Waals surface area contributed by atoms with Gasteiger partial charge in [-0.15, -0.1) is 11.6 Å². The van der Waals surface area contributed by atoms with Crippen molar-refractivity contribution in [2.45, 2.75) is 37.6 Å². The topological polar surface area (TPSA) is 20.3 Å². The Morgan fingerprint density at radius 3 is 2.45 bits per heavy atom. The molecule has 1 fully saturated rings. The number of halogens is 1. The summed E-state index contributed by atoms with van der Waals surface area (Å²) in [5.41, 5.74) is 0. The number of carbonyl (C=O) groups excluding carboxylic acids is 1. The number of rotatable bonds is 2. The van der Waals surface area contributed by atoms with Crippen LogP contribution in [-0.4, -0.2) is 29.3 Å². The van der Waals surface area contributed by atoms with Crippen LogP contribution >= 0.6 is 11.6 Å². The number of nitrogens with zero attached hydrogens (tertiary/aromatic N) is 1. The van der Waals surface area contributed by atoms with Gasteiger partial charge in [0.25, 0.3) is 0 Å². The van der Waals surface area contributed by atoms with Gasteiger partial charge in [-0.25, -0.2) is 0 Å². The van der Waals surface area contributed by atoms with Gasteiger partial charge in [0, 0.05) is 13.1 Å². The van der Waals surface area contributed by atoms with Crippen LogP contribution in [0.3, 0.4) is 0 Å². The minimum atomic E-state index is -0.374. The zero-order valence-corrected chi connectivity index (χ0v) is 7.77. The lowest BCUT2D eigenvalue weighted by molar-refractivity contribution is -0.132. The van der Waals surface area contributed by atoms with Crippen molar-refractivity contribution in [3.63, 3.8) is 0 Å². The van der Waals surface area contributed by atoms with E-state index in [0.29, 0.717) is 6.04 Å².